The highest BCUT2D eigenvalue weighted by Crippen LogP contribution is 2.28. The minimum absolute atomic E-state index is 0. The summed E-state index contributed by atoms with van der Waals surface area (Å²) in [4.78, 5) is 0. The van der Waals surface area contributed by atoms with Gasteiger partial charge in [-0.15, -0.1) is 12.4 Å². The molecule has 2 aromatic carbocycles. The van der Waals surface area contributed by atoms with E-state index in [1.165, 1.54) is 11.1 Å². The Morgan fingerprint density at radius 3 is 2.08 bits per heavy atom. The summed E-state index contributed by atoms with van der Waals surface area (Å²) in [6, 6.07) is 18.6. The predicted molar refractivity (Wildman–Crippen MR) is 109 cm³/mol. The summed E-state index contributed by atoms with van der Waals surface area (Å²) in [7, 11) is 0. The van der Waals surface area contributed by atoms with Crippen LogP contribution < -0.4 is 10.1 Å². The van der Waals surface area contributed by atoms with Gasteiger partial charge in [-0.2, -0.15) is 0 Å². The third kappa shape index (κ3) is 7.94. The summed E-state index contributed by atoms with van der Waals surface area (Å²) >= 11 is 0. The van der Waals surface area contributed by atoms with Crippen LogP contribution in [0, 0.1) is 5.41 Å². The SMILES string of the molecule is CC(C)(C)CC(C)(C)NCc1ccccc1OCc1ccccc1.Cl. The van der Waals surface area contributed by atoms with Crippen molar-refractivity contribution in [3.8, 4) is 5.75 Å². The van der Waals surface area contributed by atoms with E-state index in [2.05, 4.69) is 70.3 Å². The molecule has 0 bridgehead atoms. The number of rotatable bonds is 7. The lowest BCUT2D eigenvalue weighted by Crippen LogP contribution is -2.41. The largest absolute Gasteiger partial charge is 0.489 e. The van der Waals surface area contributed by atoms with Gasteiger partial charge in [-0.1, -0.05) is 69.3 Å². The van der Waals surface area contributed by atoms with Gasteiger partial charge in [0.05, 0.1) is 0 Å². The molecule has 0 spiro atoms. The normalized spacial score (nSPS) is 11.7. The Bertz CT molecular complexity index is 632. The van der Waals surface area contributed by atoms with E-state index in [9.17, 15) is 0 Å². The van der Waals surface area contributed by atoms with E-state index in [1.807, 2.05) is 24.3 Å². The van der Waals surface area contributed by atoms with Crippen LogP contribution in [0.15, 0.2) is 54.6 Å². The van der Waals surface area contributed by atoms with Crippen LogP contribution in [-0.2, 0) is 13.2 Å². The van der Waals surface area contributed by atoms with Crippen molar-refractivity contribution in [3.05, 3.63) is 65.7 Å². The summed E-state index contributed by atoms with van der Waals surface area (Å²) < 4.78 is 6.05. The summed E-state index contributed by atoms with van der Waals surface area (Å²) in [5.74, 6) is 0.959. The number of nitrogens with one attached hydrogen (secondary N) is 1. The Morgan fingerprint density at radius 2 is 1.44 bits per heavy atom. The molecule has 0 atom stereocenters. The first kappa shape index (κ1) is 21.5. The van der Waals surface area contributed by atoms with E-state index in [0.29, 0.717) is 12.0 Å². The first-order chi connectivity index (χ1) is 11.3. The molecule has 0 aliphatic rings. The van der Waals surface area contributed by atoms with Crippen molar-refractivity contribution in [1.82, 2.24) is 5.32 Å². The van der Waals surface area contributed by atoms with Crippen LogP contribution in [0.4, 0.5) is 0 Å². The smallest absolute Gasteiger partial charge is 0.124 e. The Kier molecular flexibility index (Phi) is 7.98. The third-order valence-electron chi connectivity index (χ3n) is 3.94. The second-order valence-electron chi connectivity index (χ2n) is 8.36. The van der Waals surface area contributed by atoms with Crippen LogP contribution in [0.3, 0.4) is 0 Å². The summed E-state index contributed by atoms with van der Waals surface area (Å²) in [6.45, 7) is 12.8. The summed E-state index contributed by atoms with van der Waals surface area (Å²) in [5.41, 5.74) is 2.79. The lowest BCUT2D eigenvalue weighted by atomic mass is 9.82. The molecule has 2 nitrogen and oxygen atoms in total. The second-order valence-corrected chi connectivity index (χ2v) is 8.36. The van der Waals surface area contributed by atoms with Crippen LogP contribution in [0.5, 0.6) is 5.75 Å². The molecule has 25 heavy (non-hydrogen) atoms. The Hall–Kier alpha value is -1.51. The van der Waals surface area contributed by atoms with E-state index in [0.717, 1.165) is 18.7 Å². The summed E-state index contributed by atoms with van der Waals surface area (Å²) in [5, 5.41) is 3.69. The number of hydrogen-bond acceptors (Lipinski definition) is 2. The maximum absolute atomic E-state index is 6.05. The van der Waals surface area contributed by atoms with Crippen LogP contribution >= 0.6 is 12.4 Å². The molecular formula is C22H32ClNO. The molecule has 2 aromatic rings. The van der Waals surface area contributed by atoms with Crippen LogP contribution in [0.25, 0.3) is 0 Å². The van der Waals surface area contributed by atoms with Gasteiger partial charge >= 0.3 is 0 Å². The monoisotopic (exact) mass is 361 g/mol. The topological polar surface area (TPSA) is 21.3 Å². The fraction of sp³-hybridized carbons (Fsp3) is 0.455. The Balaban J connectivity index is 0.00000312. The van der Waals surface area contributed by atoms with Crippen molar-refractivity contribution in [1.29, 1.82) is 0 Å². The first-order valence-corrected chi connectivity index (χ1v) is 8.75. The van der Waals surface area contributed by atoms with Crippen molar-refractivity contribution in [2.75, 3.05) is 0 Å². The zero-order valence-electron chi connectivity index (χ0n) is 16.1. The molecule has 0 saturated heterocycles. The molecule has 0 aromatic heterocycles. The highest BCUT2D eigenvalue weighted by atomic mass is 35.5. The quantitative estimate of drug-likeness (QED) is 0.653. The van der Waals surface area contributed by atoms with Crippen molar-refractivity contribution >= 4 is 12.4 Å². The Labute approximate surface area is 159 Å². The van der Waals surface area contributed by atoms with Crippen LogP contribution in [0.1, 0.15) is 52.2 Å². The van der Waals surface area contributed by atoms with Gasteiger partial charge < -0.3 is 10.1 Å². The maximum Gasteiger partial charge on any atom is 0.124 e. The van der Waals surface area contributed by atoms with Gasteiger partial charge in [-0.25, -0.2) is 0 Å². The number of para-hydroxylation sites is 1. The van der Waals surface area contributed by atoms with Gasteiger partial charge in [0.15, 0.2) is 0 Å². The minimum Gasteiger partial charge on any atom is -0.489 e. The number of benzene rings is 2. The average Bonchev–Trinajstić information content (AvgIpc) is 2.50. The van der Waals surface area contributed by atoms with Gasteiger partial charge in [-0.05, 0) is 37.3 Å². The van der Waals surface area contributed by atoms with Gasteiger partial charge in [0.1, 0.15) is 12.4 Å². The van der Waals surface area contributed by atoms with Gasteiger partial charge in [-0.3, -0.25) is 0 Å². The molecule has 138 valence electrons. The minimum atomic E-state index is 0. The van der Waals surface area contributed by atoms with Gasteiger partial charge in [0.25, 0.3) is 0 Å². The van der Waals surface area contributed by atoms with Crippen molar-refractivity contribution in [2.45, 2.75) is 59.7 Å². The van der Waals surface area contributed by atoms with Crippen LogP contribution in [0.2, 0.25) is 0 Å². The second kappa shape index (κ2) is 9.26. The van der Waals surface area contributed by atoms with Gasteiger partial charge in [0, 0.05) is 17.6 Å². The van der Waals surface area contributed by atoms with Gasteiger partial charge in [0.2, 0.25) is 0 Å². The van der Waals surface area contributed by atoms with E-state index in [1.54, 1.807) is 0 Å². The molecule has 0 aliphatic heterocycles. The molecule has 0 unspecified atom stereocenters. The number of hydrogen-bond donors (Lipinski definition) is 1. The lowest BCUT2D eigenvalue weighted by Gasteiger charge is -2.33. The van der Waals surface area contributed by atoms with Crippen molar-refractivity contribution in [3.63, 3.8) is 0 Å². The zero-order chi connectivity index (χ0) is 17.6. The lowest BCUT2D eigenvalue weighted by molar-refractivity contribution is 0.238. The molecule has 0 amide bonds. The third-order valence-corrected chi connectivity index (χ3v) is 3.94. The molecular weight excluding hydrogens is 330 g/mol. The standard InChI is InChI=1S/C22H31NO.ClH/c1-21(2,3)17-22(4,5)23-15-19-13-9-10-14-20(19)24-16-18-11-7-6-8-12-18;/h6-14,23H,15-17H2,1-5H3;1H. The first-order valence-electron chi connectivity index (χ1n) is 8.75. The van der Waals surface area contributed by atoms with Crippen molar-refractivity contribution < 1.29 is 4.74 Å². The average molecular weight is 362 g/mol. The molecule has 0 saturated carbocycles. The number of halogens is 1. The highest BCUT2D eigenvalue weighted by Gasteiger charge is 2.25. The molecule has 0 heterocycles. The predicted octanol–water partition coefficient (Wildman–Crippen LogP) is 5.99. The number of ether oxygens (including phenoxy) is 1. The highest BCUT2D eigenvalue weighted by molar-refractivity contribution is 5.85. The summed E-state index contributed by atoms with van der Waals surface area (Å²) in [6.07, 6.45) is 1.12. The molecule has 1 N–H and O–H groups in total. The Morgan fingerprint density at radius 1 is 0.840 bits per heavy atom. The van der Waals surface area contributed by atoms with E-state index in [-0.39, 0.29) is 17.9 Å². The van der Waals surface area contributed by atoms with E-state index < -0.39 is 0 Å². The van der Waals surface area contributed by atoms with E-state index >= 15 is 0 Å². The molecule has 0 fully saturated rings. The van der Waals surface area contributed by atoms with Crippen LogP contribution in [-0.4, -0.2) is 5.54 Å². The molecule has 3 heteroatoms. The molecule has 0 aliphatic carbocycles. The fourth-order valence-corrected chi connectivity index (χ4v) is 3.25. The fourth-order valence-electron chi connectivity index (χ4n) is 3.25. The van der Waals surface area contributed by atoms with Crippen molar-refractivity contribution in [2.24, 2.45) is 5.41 Å². The molecule has 2 rings (SSSR count). The maximum atomic E-state index is 6.05. The zero-order valence-corrected chi connectivity index (χ0v) is 17.0. The van der Waals surface area contributed by atoms with E-state index in [4.69, 9.17) is 4.74 Å². The molecule has 0 radical (unpaired) electrons.